The fourth-order valence-electron chi connectivity index (χ4n) is 6.79. The zero-order valence-electron chi connectivity index (χ0n) is 25.6. The third kappa shape index (κ3) is 5.33. The van der Waals surface area contributed by atoms with Crippen LogP contribution in [0.25, 0.3) is 11.0 Å². The van der Waals surface area contributed by atoms with Crippen LogP contribution in [0.5, 0.6) is 17.2 Å². The Morgan fingerprint density at radius 3 is 2.80 bits per heavy atom. The average Bonchev–Trinajstić information content (AvgIpc) is 3.01. The van der Waals surface area contributed by atoms with Gasteiger partial charge in [0.15, 0.2) is 5.43 Å². The quantitative estimate of drug-likeness (QED) is 0.204. The molecule has 10 nitrogen and oxygen atoms in total. The standard InChI is InChI=1S/C35H38N2O8/c1-4-18(2)34(42)44-27-16-25-30(41)29-26(40)15-21(17-38)43-32(29)28-24(14-19-7-5-8-20(39)13-19)22-10-12-37-33(36)23(22)9-6-11-35(27,3)45-31(25)28/h4-5,7-8,10,13,15,24,27,37-39,41H,6,9,11-12,14,16-17,36H2,1-3H3. The molecule has 4 heterocycles. The van der Waals surface area contributed by atoms with Crippen molar-refractivity contribution < 1.29 is 34.0 Å². The van der Waals surface area contributed by atoms with Gasteiger partial charge in [0.25, 0.3) is 0 Å². The fourth-order valence-corrected chi connectivity index (χ4v) is 6.79. The van der Waals surface area contributed by atoms with E-state index in [4.69, 9.17) is 19.6 Å². The van der Waals surface area contributed by atoms with Gasteiger partial charge in [-0.1, -0.05) is 24.3 Å². The molecule has 0 fully saturated rings. The van der Waals surface area contributed by atoms with Crippen molar-refractivity contribution in [1.29, 1.82) is 0 Å². The van der Waals surface area contributed by atoms with Crippen molar-refractivity contribution in [3.05, 3.63) is 97.7 Å². The van der Waals surface area contributed by atoms with Crippen LogP contribution in [0.15, 0.2) is 74.2 Å². The maximum Gasteiger partial charge on any atom is 0.333 e. The molecule has 3 aliphatic rings. The lowest BCUT2D eigenvalue weighted by molar-refractivity contribution is -0.159. The lowest BCUT2D eigenvalue weighted by atomic mass is 9.74. The highest BCUT2D eigenvalue weighted by atomic mass is 16.6. The van der Waals surface area contributed by atoms with Gasteiger partial charge in [0.2, 0.25) is 0 Å². The highest BCUT2D eigenvalue weighted by Gasteiger charge is 2.48. The van der Waals surface area contributed by atoms with E-state index in [9.17, 15) is 24.9 Å². The second-order valence-electron chi connectivity index (χ2n) is 12.2. The Kier molecular flexibility index (Phi) is 7.86. The predicted octanol–water partition coefficient (Wildman–Crippen LogP) is 4.48. The largest absolute Gasteiger partial charge is 0.508 e. The van der Waals surface area contributed by atoms with Crippen molar-refractivity contribution in [1.82, 2.24) is 5.32 Å². The topological polar surface area (TPSA) is 164 Å². The van der Waals surface area contributed by atoms with E-state index < -0.39 is 35.6 Å². The van der Waals surface area contributed by atoms with Crippen LogP contribution >= 0.6 is 0 Å². The number of hydrogen-bond acceptors (Lipinski definition) is 10. The molecule has 0 spiro atoms. The van der Waals surface area contributed by atoms with Crippen LogP contribution in [0, 0.1) is 0 Å². The van der Waals surface area contributed by atoms with Crippen LogP contribution in [0.3, 0.4) is 0 Å². The number of dihydropyridines is 1. The number of allylic oxidation sites excluding steroid dienone is 3. The van der Waals surface area contributed by atoms with Crippen molar-refractivity contribution in [2.45, 2.75) is 77.1 Å². The molecule has 0 aliphatic carbocycles. The van der Waals surface area contributed by atoms with Crippen LogP contribution in [0.2, 0.25) is 0 Å². The molecule has 0 saturated heterocycles. The molecular weight excluding hydrogens is 576 g/mol. The van der Waals surface area contributed by atoms with Gasteiger partial charge in [-0.05, 0) is 75.3 Å². The summed E-state index contributed by atoms with van der Waals surface area (Å²) in [6.45, 7) is 5.28. The SMILES string of the molecule is CC=C(C)C(=O)OC1Cc2c3c(c4oc(CO)cc(=O)c4c2O)C(Cc2cccc(O)c2)C2=CCNC(N)=C2CCCC1(C)O3. The lowest BCUT2D eigenvalue weighted by Gasteiger charge is -2.44. The van der Waals surface area contributed by atoms with Crippen LogP contribution in [0.4, 0.5) is 0 Å². The van der Waals surface area contributed by atoms with Gasteiger partial charge in [-0.2, -0.15) is 0 Å². The molecule has 6 rings (SSSR count). The van der Waals surface area contributed by atoms with Crippen molar-refractivity contribution in [2.24, 2.45) is 5.73 Å². The Morgan fingerprint density at radius 1 is 1.27 bits per heavy atom. The number of fused-ring (bicyclic) bond motifs is 4. The molecule has 10 heteroatoms. The summed E-state index contributed by atoms with van der Waals surface area (Å²) in [5, 5.41) is 35.3. The molecule has 2 aromatic carbocycles. The fraction of sp³-hybridized carbons (Fsp3) is 0.371. The van der Waals surface area contributed by atoms with Gasteiger partial charge in [0, 0.05) is 41.6 Å². The van der Waals surface area contributed by atoms with Crippen molar-refractivity contribution in [3.8, 4) is 17.2 Å². The molecule has 0 saturated carbocycles. The number of esters is 1. The number of hydrogen-bond donors (Lipinski definition) is 5. The normalized spacial score (nSPS) is 23.0. The van der Waals surface area contributed by atoms with E-state index in [1.54, 1.807) is 38.1 Å². The van der Waals surface area contributed by atoms with Crippen LogP contribution in [-0.4, -0.2) is 39.5 Å². The molecule has 45 heavy (non-hydrogen) atoms. The first-order valence-electron chi connectivity index (χ1n) is 15.2. The summed E-state index contributed by atoms with van der Waals surface area (Å²) in [5.74, 6) is -0.255. The Bertz CT molecular complexity index is 1850. The summed E-state index contributed by atoms with van der Waals surface area (Å²) in [7, 11) is 0. The Morgan fingerprint density at radius 2 is 2.07 bits per heavy atom. The number of aliphatic hydroxyl groups is 1. The van der Waals surface area contributed by atoms with Gasteiger partial charge in [-0.3, -0.25) is 4.79 Å². The molecule has 6 N–H and O–H groups in total. The number of aromatic hydroxyl groups is 2. The smallest absolute Gasteiger partial charge is 0.333 e. The number of benzene rings is 2. The molecule has 0 radical (unpaired) electrons. The molecule has 0 amide bonds. The van der Waals surface area contributed by atoms with E-state index in [0.717, 1.165) is 16.7 Å². The molecule has 3 aromatic rings. The zero-order valence-corrected chi connectivity index (χ0v) is 25.6. The number of aliphatic hydroxyl groups excluding tert-OH is 1. The van der Waals surface area contributed by atoms with E-state index >= 15 is 0 Å². The first-order valence-corrected chi connectivity index (χ1v) is 15.2. The number of carbonyl (C=O) groups is 1. The van der Waals surface area contributed by atoms with Gasteiger partial charge in [-0.15, -0.1) is 0 Å². The van der Waals surface area contributed by atoms with Gasteiger partial charge >= 0.3 is 5.97 Å². The monoisotopic (exact) mass is 614 g/mol. The minimum Gasteiger partial charge on any atom is -0.508 e. The van der Waals surface area contributed by atoms with E-state index in [0.29, 0.717) is 60.5 Å². The summed E-state index contributed by atoms with van der Waals surface area (Å²) >= 11 is 0. The number of carbonyl (C=O) groups excluding carboxylic acids is 1. The lowest BCUT2D eigenvalue weighted by Crippen LogP contribution is -2.51. The molecule has 236 valence electrons. The highest BCUT2D eigenvalue weighted by molar-refractivity contribution is 5.92. The maximum absolute atomic E-state index is 13.6. The Balaban J connectivity index is 1.69. The van der Waals surface area contributed by atoms with E-state index in [1.165, 1.54) is 6.07 Å². The third-order valence-electron chi connectivity index (χ3n) is 9.31. The first kappa shape index (κ1) is 30.3. The highest BCUT2D eigenvalue weighted by Crippen LogP contribution is 2.53. The summed E-state index contributed by atoms with van der Waals surface area (Å²) in [5.41, 5.74) is 9.12. The van der Waals surface area contributed by atoms with Crippen molar-refractivity contribution >= 4 is 16.9 Å². The predicted molar refractivity (Wildman–Crippen MR) is 168 cm³/mol. The van der Waals surface area contributed by atoms with Gasteiger partial charge in [0.05, 0.1) is 5.82 Å². The molecule has 1 aromatic heterocycles. The van der Waals surface area contributed by atoms with E-state index in [-0.39, 0.29) is 34.6 Å². The number of phenols is 2. The number of ether oxygens (including phenoxy) is 2. The second-order valence-corrected chi connectivity index (χ2v) is 12.2. The number of nitrogens with two attached hydrogens (primary N) is 1. The number of phenolic OH excluding ortho intramolecular Hbond substituents is 2. The van der Waals surface area contributed by atoms with Crippen molar-refractivity contribution in [2.75, 3.05) is 6.54 Å². The molecular formula is C35H38N2O8. The molecule has 3 unspecified atom stereocenters. The zero-order chi connectivity index (χ0) is 32.0. The van der Waals surface area contributed by atoms with E-state index in [1.807, 2.05) is 13.0 Å². The van der Waals surface area contributed by atoms with E-state index in [2.05, 4.69) is 11.4 Å². The summed E-state index contributed by atoms with van der Waals surface area (Å²) in [4.78, 5) is 26.6. The maximum atomic E-state index is 13.6. The Labute approximate surface area is 260 Å². The summed E-state index contributed by atoms with van der Waals surface area (Å²) in [6.07, 6.45) is 5.19. The van der Waals surface area contributed by atoms with Crippen molar-refractivity contribution in [3.63, 3.8) is 0 Å². The first-order chi connectivity index (χ1) is 21.5. The third-order valence-corrected chi connectivity index (χ3v) is 9.31. The van der Waals surface area contributed by atoms with Crippen LogP contribution in [0.1, 0.15) is 68.4 Å². The minimum absolute atomic E-state index is 0.0399. The van der Waals surface area contributed by atoms with Gasteiger partial charge in [-0.25, -0.2) is 4.79 Å². The minimum atomic E-state index is -1.01. The Hall–Kier alpha value is -4.70. The molecule has 3 atom stereocenters. The molecule has 3 aliphatic heterocycles. The number of rotatable bonds is 5. The van der Waals surface area contributed by atoms with Crippen LogP contribution in [-0.2, 0) is 29.0 Å². The van der Waals surface area contributed by atoms with Gasteiger partial charge < -0.3 is 40.3 Å². The van der Waals surface area contributed by atoms with Crippen LogP contribution < -0.4 is 21.2 Å². The summed E-state index contributed by atoms with van der Waals surface area (Å²) in [6, 6.07) is 8.11. The second kappa shape index (κ2) is 11.7. The number of nitrogens with one attached hydrogen (secondary N) is 1. The summed E-state index contributed by atoms with van der Waals surface area (Å²) < 4.78 is 19.1. The van der Waals surface area contributed by atoms with Gasteiger partial charge in [0.1, 0.15) is 52.3 Å². The average molecular weight is 615 g/mol. The molecule has 2 bridgehead atoms.